The zero-order chi connectivity index (χ0) is 16.5. The minimum Gasteiger partial charge on any atom is -0.366 e. The van der Waals surface area contributed by atoms with E-state index >= 15 is 0 Å². The van der Waals surface area contributed by atoms with E-state index in [1.807, 2.05) is 12.1 Å². The van der Waals surface area contributed by atoms with Crippen LogP contribution in [0, 0.1) is 16.0 Å². The van der Waals surface area contributed by atoms with Crippen LogP contribution in [0.3, 0.4) is 0 Å². The third kappa shape index (κ3) is 2.71. The molecule has 24 heavy (non-hydrogen) atoms. The largest absolute Gasteiger partial charge is 0.366 e. The molecular weight excluding hydrogens is 304 g/mol. The summed E-state index contributed by atoms with van der Waals surface area (Å²) in [6.45, 7) is 2.90. The van der Waals surface area contributed by atoms with Gasteiger partial charge in [-0.1, -0.05) is 0 Å². The van der Waals surface area contributed by atoms with Crippen molar-refractivity contribution >= 4 is 22.3 Å². The number of aromatic nitrogens is 1. The lowest BCUT2D eigenvalue weighted by Crippen LogP contribution is -2.41. The number of nitro benzene ring substituents is 1. The summed E-state index contributed by atoms with van der Waals surface area (Å²) in [4.78, 5) is 17.9. The van der Waals surface area contributed by atoms with Crippen molar-refractivity contribution in [1.82, 2.24) is 10.3 Å². The number of benzene rings is 1. The van der Waals surface area contributed by atoms with Gasteiger partial charge in [0, 0.05) is 25.3 Å². The Bertz CT molecular complexity index is 750. The van der Waals surface area contributed by atoms with Gasteiger partial charge in [0.05, 0.1) is 15.8 Å². The quantitative estimate of drug-likeness (QED) is 0.693. The van der Waals surface area contributed by atoms with Gasteiger partial charge in [-0.25, -0.2) is 0 Å². The summed E-state index contributed by atoms with van der Waals surface area (Å²) in [6, 6.07) is 7.95. The van der Waals surface area contributed by atoms with E-state index in [-0.39, 0.29) is 10.6 Å². The van der Waals surface area contributed by atoms with Gasteiger partial charge in [-0.3, -0.25) is 15.1 Å². The number of hydrogen-bond acceptors (Lipinski definition) is 5. The highest BCUT2D eigenvalue weighted by atomic mass is 16.6. The summed E-state index contributed by atoms with van der Waals surface area (Å²) in [5.41, 5.74) is 1.61. The monoisotopic (exact) mass is 326 g/mol. The first-order valence-corrected chi connectivity index (χ1v) is 8.74. The zero-order valence-corrected chi connectivity index (χ0v) is 13.6. The second-order valence-corrected chi connectivity index (χ2v) is 6.79. The molecule has 0 aliphatic carbocycles. The van der Waals surface area contributed by atoms with Crippen molar-refractivity contribution in [2.75, 3.05) is 24.5 Å². The van der Waals surface area contributed by atoms with E-state index in [1.54, 1.807) is 18.3 Å². The molecular formula is C18H22N4O2. The average Bonchev–Trinajstić information content (AvgIpc) is 3.15. The number of piperidine rings is 1. The first kappa shape index (κ1) is 15.3. The van der Waals surface area contributed by atoms with E-state index < -0.39 is 0 Å². The minimum absolute atomic E-state index is 0.193. The zero-order valence-electron chi connectivity index (χ0n) is 13.6. The van der Waals surface area contributed by atoms with Crippen LogP contribution < -0.4 is 10.2 Å². The fraction of sp³-hybridized carbons (Fsp3) is 0.500. The van der Waals surface area contributed by atoms with Crippen LogP contribution in [-0.4, -0.2) is 35.6 Å². The van der Waals surface area contributed by atoms with Crippen molar-refractivity contribution in [3.8, 4) is 0 Å². The second-order valence-electron chi connectivity index (χ2n) is 6.79. The molecule has 2 saturated heterocycles. The molecule has 2 aliphatic rings. The van der Waals surface area contributed by atoms with Crippen LogP contribution in [0.2, 0.25) is 0 Å². The lowest BCUT2D eigenvalue weighted by Gasteiger charge is -2.36. The minimum atomic E-state index is -0.260. The first-order valence-electron chi connectivity index (χ1n) is 8.74. The number of anilines is 1. The van der Waals surface area contributed by atoms with Crippen LogP contribution in [0.15, 0.2) is 30.5 Å². The number of nitrogens with zero attached hydrogens (tertiary/aromatic N) is 3. The van der Waals surface area contributed by atoms with Gasteiger partial charge < -0.3 is 10.2 Å². The van der Waals surface area contributed by atoms with Gasteiger partial charge in [0.25, 0.3) is 0 Å². The average molecular weight is 326 g/mol. The van der Waals surface area contributed by atoms with Crippen molar-refractivity contribution < 1.29 is 4.92 Å². The first-order chi connectivity index (χ1) is 11.7. The van der Waals surface area contributed by atoms with E-state index in [0.717, 1.165) is 38.2 Å². The third-order valence-electron chi connectivity index (χ3n) is 5.47. The summed E-state index contributed by atoms with van der Waals surface area (Å²) in [5.74, 6) is 0.699. The summed E-state index contributed by atoms with van der Waals surface area (Å²) < 4.78 is 0. The van der Waals surface area contributed by atoms with E-state index in [9.17, 15) is 10.1 Å². The molecule has 6 heteroatoms. The van der Waals surface area contributed by atoms with Crippen LogP contribution in [0.4, 0.5) is 11.4 Å². The smallest absolute Gasteiger partial charge is 0.301 e. The van der Waals surface area contributed by atoms with Gasteiger partial charge in [-0.2, -0.15) is 0 Å². The van der Waals surface area contributed by atoms with Crippen LogP contribution in [0.25, 0.3) is 10.9 Å². The third-order valence-corrected chi connectivity index (χ3v) is 5.47. The van der Waals surface area contributed by atoms with Crippen molar-refractivity contribution in [3.05, 3.63) is 40.6 Å². The number of nitro groups is 1. The Hall–Kier alpha value is -2.21. The van der Waals surface area contributed by atoms with Crippen LogP contribution in [0.1, 0.15) is 25.7 Å². The summed E-state index contributed by atoms with van der Waals surface area (Å²) in [7, 11) is 0. The second kappa shape index (κ2) is 6.36. The Morgan fingerprint density at radius 1 is 1.21 bits per heavy atom. The molecule has 2 fully saturated rings. The molecule has 0 saturated carbocycles. The Morgan fingerprint density at radius 3 is 2.75 bits per heavy atom. The van der Waals surface area contributed by atoms with Crippen LogP contribution in [-0.2, 0) is 0 Å². The van der Waals surface area contributed by atoms with E-state index in [2.05, 4.69) is 15.2 Å². The molecule has 3 heterocycles. The Morgan fingerprint density at radius 2 is 2.04 bits per heavy atom. The highest BCUT2D eigenvalue weighted by molar-refractivity contribution is 5.94. The standard InChI is InChI=1S/C18H22N4O2/c23-22(24)18-14-3-1-9-20-16(14)5-6-17(18)21-11-7-13(8-12-21)15-4-2-10-19-15/h1,3,5-6,9,13,15,19H,2,4,7-8,10-12H2. The molecule has 2 aromatic rings. The lowest BCUT2D eigenvalue weighted by molar-refractivity contribution is -0.382. The molecule has 0 spiro atoms. The molecule has 6 nitrogen and oxygen atoms in total. The maximum atomic E-state index is 11.7. The van der Waals surface area contributed by atoms with E-state index in [0.29, 0.717) is 22.9 Å². The topological polar surface area (TPSA) is 71.3 Å². The van der Waals surface area contributed by atoms with Gasteiger partial charge in [-0.15, -0.1) is 0 Å². The molecule has 1 aromatic heterocycles. The number of nitrogens with one attached hydrogen (secondary N) is 1. The van der Waals surface area contributed by atoms with Gasteiger partial charge in [-0.05, 0) is 62.4 Å². The summed E-state index contributed by atoms with van der Waals surface area (Å²) in [6.07, 6.45) is 6.41. The fourth-order valence-electron chi connectivity index (χ4n) is 4.23. The lowest BCUT2D eigenvalue weighted by atomic mass is 9.88. The number of hydrogen-bond donors (Lipinski definition) is 1. The van der Waals surface area contributed by atoms with Gasteiger partial charge in [0.15, 0.2) is 0 Å². The number of fused-ring (bicyclic) bond motifs is 1. The summed E-state index contributed by atoms with van der Waals surface area (Å²) in [5, 5.41) is 15.9. The normalized spacial score (nSPS) is 22.2. The number of rotatable bonds is 3. The molecule has 4 rings (SSSR count). The van der Waals surface area contributed by atoms with Gasteiger partial charge >= 0.3 is 5.69 Å². The molecule has 1 unspecified atom stereocenters. The number of pyridine rings is 1. The molecule has 1 aromatic carbocycles. The van der Waals surface area contributed by atoms with Crippen LogP contribution in [0.5, 0.6) is 0 Å². The maximum Gasteiger partial charge on any atom is 0.301 e. The molecule has 0 amide bonds. The predicted octanol–water partition coefficient (Wildman–Crippen LogP) is 3.11. The van der Waals surface area contributed by atoms with Crippen molar-refractivity contribution in [2.24, 2.45) is 5.92 Å². The maximum absolute atomic E-state index is 11.7. The van der Waals surface area contributed by atoms with Gasteiger partial charge in [0.1, 0.15) is 5.69 Å². The summed E-state index contributed by atoms with van der Waals surface area (Å²) >= 11 is 0. The SMILES string of the molecule is O=[N+]([O-])c1c(N2CCC(C3CCCN3)CC2)ccc2ncccc12. The Balaban J connectivity index is 1.60. The molecule has 126 valence electrons. The molecule has 1 atom stereocenters. The Labute approximate surface area is 141 Å². The highest BCUT2D eigenvalue weighted by Crippen LogP contribution is 2.37. The highest BCUT2D eigenvalue weighted by Gasteiger charge is 2.31. The van der Waals surface area contributed by atoms with Crippen LogP contribution >= 0.6 is 0 Å². The predicted molar refractivity (Wildman–Crippen MR) is 94.4 cm³/mol. The van der Waals surface area contributed by atoms with Crippen molar-refractivity contribution in [1.29, 1.82) is 0 Å². The molecule has 1 N–H and O–H groups in total. The molecule has 2 aliphatic heterocycles. The molecule has 0 bridgehead atoms. The van der Waals surface area contributed by atoms with E-state index in [1.165, 1.54) is 12.8 Å². The molecule has 0 radical (unpaired) electrons. The van der Waals surface area contributed by atoms with E-state index in [4.69, 9.17) is 0 Å². The Kier molecular flexibility index (Phi) is 4.06. The van der Waals surface area contributed by atoms with Crippen molar-refractivity contribution in [2.45, 2.75) is 31.7 Å². The fourth-order valence-corrected chi connectivity index (χ4v) is 4.23. The van der Waals surface area contributed by atoms with Gasteiger partial charge in [0.2, 0.25) is 0 Å². The van der Waals surface area contributed by atoms with Crippen molar-refractivity contribution in [3.63, 3.8) is 0 Å².